The van der Waals surface area contributed by atoms with E-state index >= 15 is 0 Å². The zero-order valence-corrected chi connectivity index (χ0v) is 14.8. The highest BCUT2D eigenvalue weighted by Gasteiger charge is 2.16. The van der Waals surface area contributed by atoms with Crippen molar-refractivity contribution in [2.24, 2.45) is 0 Å². The third-order valence-electron chi connectivity index (χ3n) is 4.54. The van der Waals surface area contributed by atoms with Crippen LogP contribution in [-0.2, 0) is 0 Å². The molecule has 1 amide bonds. The molecule has 26 heavy (non-hydrogen) atoms. The Balaban J connectivity index is 1.64. The van der Waals surface area contributed by atoms with Gasteiger partial charge in [-0.25, -0.2) is 9.37 Å². The van der Waals surface area contributed by atoms with Crippen LogP contribution in [0, 0.1) is 5.82 Å². The Labute approximate surface area is 155 Å². The van der Waals surface area contributed by atoms with Gasteiger partial charge in [0.05, 0.1) is 10.6 Å². The van der Waals surface area contributed by atoms with Crippen molar-refractivity contribution in [2.75, 3.05) is 23.3 Å². The van der Waals surface area contributed by atoms with E-state index in [0.29, 0.717) is 27.2 Å². The van der Waals surface area contributed by atoms with Crippen LogP contribution in [0.3, 0.4) is 0 Å². The van der Waals surface area contributed by atoms with Crippen LogP contribution < -0.4 is 10.2 Å². The van der Waals surface area contributed by atoms with Gasteiger partial charge in [0.15, 0.2) is 5.82 Å². The number of carbonyl (C=O) groups excluding carboxylic acids is 1. The minimum atomic E-state index is -0.460. The van der Waals surface area contributed by atoms with E-state index in [-0.39, 0.29) is 5.91 Å². The van der Waals surface area contributed by atoms with E-state index in [9.17, 15) is 9.18 Å². The normalized spacial score (nSPS) is 14.0. The molecule has 1 saturated heterocycles. The number of benzene rings is 2. The lowest BCUT2D eigenvalue weighted by Crippen LogP contribution is -2.18. The molecule has 0 radical (unpaired) electrons. The van der Waals surface area contributed by atoms with E-state index in [1.54, 1.807) is 30.3 Å². The van der Waals surface area contributed by atoms with Crippen molar-refractivity contribution < 1.29 is 9.18 Å². The molecule has 2 heterocycles. The highest BCUT2D eigenvalue weighted by atomic mass is 35.5. The molecule has 1 N–H and O–H groups in total. The second kappa shape index (κ2) is 6.92. The molecule has 132 valence electrons. The molecule has 0 atom stereocenters. The Morgan fingerprint density at radius 2 is 1.88 bits per heavy atom. The summed E-state index contributed by atoms with van der Waals surface area (Å²) in [6.07, 6.45) is 2.27. The Morgan fingerprint density at radius 1 is 1.12 bits per heavy atom. The lowest BCUT2D eigenvalue weighted by molar-refractivity contribution is 0.102. The van der Waals surface area contributed by atoms with Crippen molar-refractivity contribution in [3.8, 4) is 0 Å². The number of hydrogen-bond acceptors (Lipinski definition) is 3. The molecule has 1 aliphatic rings. The number of amides is 1. The van der Waals surface area contributed by atoms with E-state index in [2.05, 4.69) is 15.2 Å². The highest BCUT2D eigenvalue weighted by Crippen LogP contribution is 2.26. The van der Waals surface area contributed by atoms with Crippen LogP contribution in [0.4, 0.5) is 15.9 Å². The number of nitrogens with zero attached hydrogens (tertiary/aromatic N) is 2. The molecule has 1 fully saturated rings. The molecule has 0 spiro atoms. The van der Waals surface area contributed by atoms with Gasteiger partial charge in [0.25, 0.3) is 5.91 Å². The average molecular weight is 370 g/mol. The molecular weight excluding hydrogens is 353 g/mol. The lowest BCUT2D eigenvalue weighted by atomic mass is 10.1. The van der Waals surface area contributed by atoms with Crippen molar-refractivity contribution in [3.63, 3.8) is 0 Å². The summed E-state index contributed by atoms with van der Waals surface area (Å²) in [7, 11) is 0. The second-order valence-corrected chi connectivity index (χ2v) is 6.73. The summed E-state index contributed by atoms with van der Waals surface area (Å²) in [5, 5.41) is 3.69. The lowest BCUT2D eigenvalue weighted by Gasteiger charge is -2.17. The van der Waals surface area contributed by atoms with E-state index < -0.39 is 5.82 Å². The van der Waals surface area contributed by atoms with Crippen LogP contribution in [0.25, 0.3) is 10.9 Å². The number of fused-ring (bicyclic) bond motifs is 1. The van der Waals surface area contributed by atoms with E-state index in [1.165, 1.54) is 6.07 Å². The van der Waals surface area contributed by atoms with Gasteiger partial charge in [-0.2, -0.15) is 0 Å². The molecule has 0 saturated carbocycles. The minimum absolute atomic E-state index is 0.310. The van der Waals surface area contributed by atoms with Crippen molar-refractivity contribution in [3.05, 3.63) is 64.9 Å². The van der Waals surface area contributed by atoms with Crippen LogP contribution in [0.1, 0.15) is 23.2 Å². The second-order valence-electron chi connectivity index (χ2n) is 6.33. The Kier molecular flexibility index (Phi) is 4.47. The highest BCUT2D eigenvalue weighted by molar-refractivity contribution is 6.34. The summed E-state index contributed by atoms with van der Waals surface area (Å²) in [4.78, 5) is 19.0. The number of anilines is 2. The summed E-state index contributed by atoms with van der Waals surface area (Å²) in [5.41, 5.74) is 1.03. The molecule has 4 rings (SSSR count). The number of hydrogen-bond donors (Lipinski definition) is 1. The van der Waals surface area contributed by atoms with Crippen molar-refractivity contribution in [2.45, 2.75) is 12.8 Å². The van der Waals surface area contributed by atoms with Crippen molar-refractivity contribution in [1.82, 2.24) is 4.98 Å². The Hall–Kier alpha value is -2.66. The first-order valence-electron chi connectivity index (χ1n) is 8.53. The maximum Gasteiger partial charge on any atom is 0.257 e. The Morgan fingerprint density at radius 3 is 2.65 bits per heavy atom. The number of nitrogens with one attached hydrogen (secondary N) is 1. The van der Waals surface area contributed by atoms with Crippen molar-refractivity contribution >= 4 is 39.9 Å². The van der Waals surface area contributed by atoms with Crippen LogP contribution in [0.5, 0.6) is 0 Å². The number of halogens is 2. The first-order chi connectivity index (χ1) is 12.6. The predicted octanol–water partition coefficient (Wildman–Crippen LogP) is 4.88. The van der Waals surface area contributed by atoms with Crippen LogP contribution in [-0.4, -0.2) is 24.0 Å². The van der Waals surface area contributed by atoms with Gasteiger partial charge < -0.3 is 10.2 Å². The predicted molar refractivity (Wildman–Crippen MR) is 103 cm³/mol. The van der Waals surface area contributed by atoms with Crippen LogP contribution >= 0.6 is 11.6 Å². The van der Waals surface area contributed by atoms with E-state index in [4.69, 9.17) is 11.6 Å². The van der Waals surface area contributed by atoms with Crippen LogP contribution in [0.2, 0.25) is 5.02 Å². The molecule has 3 aromatic rings. The Bertz CT molecular complexity index is 986. The van der Waals surface area contributed by atoms with E-state index in [0.717, 1.165) is 31.7 Å². The van der Waals surface area contributed by atoms with Crippen molar-refractivity contribution in [1.29, 1.82) is 0 Å². The van der Waals surface area contributed by atoms with Gasteiger partial charge in [-0.15, -0.1) is 0 Å². The SMILES string of the molecule is O=C(Nc1cc(F)c2nc(N3CCCC3)ccc2c1)c1ccccc1Cl. The molecule has 0 bridgehead atoms. The fourth-order valence-electron chi connectivity index (χ4n) is 3.22. The number of rotatable bonds is 3. The van der Waals surface area contributed by atoms with Gasteiger partial charge >= 0.3 is 0 Å². The molecular formula is C20H17ClFN3O. The quantitative estimate of drug-likeness (QED) is 0.715. The molecule has 2 aromatic carbocycles. The summed E-state index contributed by atoms with van der Waals surface area (Å²) in [6.45, 7) is 1.90. The topological polar surface area (TPSA) is 45.2 Å². The zero-order chi connectivity index (χ0) is 18.1. The summed E-state index contributed by atoms with van der Waals surface area (Å²) in [6, 6.07) is 13.5. The molecule has 4 nitrogen and oxygen atoms in total. The fraction of sp³-hybridized carbons (Fsp3) is 0.200. The minimum Gasteiger partial charge on any atom is -0.357 e. The monoisotopic (exact) mass is 369 g/mol. The molecule has 1 aliphatic heterocycles. The third kappa shape index (κ3) is 3.22. The standard InChI is InChI=1S/C20H17ClFN3O/c21-16-6-2-1-5-15(16)20(26)23-14-11-13-7-8-18(25-9-3-4-10-25)24-19(13)17(22)12-14/h1-2,5-8,11-12H,3-4,9-10H2,(H,23,26). The number of pyridine rings is 1. The fourth-order valence-corrected chi connectivity index (χ4v) is 3.44. The van der Waals surface area contributed by atoms with E-state index in [1.807, 2.05) is 12.1 Å². The summed E-state index contributed by atoms with van der Waals surface area (Å²) in [5.74, 6) is -0.0456. The first-order valence-corrected chi connectivity index (χ1v) is 8.91. The molecule has 0 aliphatic carbocycles. The largest absolute Gasteiger partial charge is 0.357 e. The van der Waals surface area contributed by atoms with Gasteiger partial charge in [0.1, 0.15) is 11.3 Å². The number of carbonyl (C=O) groups is 1. The molecule has 6 heteroatoms. The van der Waals surface area contributed by atoms with Crippen LogP contribution in [0.15, 0.2) is 48.5 Å². The van der Waals surface area contributed by atoms with Gasteiger partial charge in [-0.1, -0.05) is 23.7 Å². The zero-order valence-electron chi connectivity index (χ0n) is 14.0. The molecule has 1 aromatic heterocycles. The summed E-state index contributed by atoms with van der Waals surface area (Å²) >= 11 is 6.04. The third-order valence-corrected chi connectivity index (χ3v) is 4.87. The van der Waals surface area contributed by atoms with Gasteiger partial charge in [-0.3, -0.25) is 4.79 Å². The maximum atomic E-state index is 14.6. The summed E-state index contributed by atoms with van der Waals surface area (Å²) < 4.78 is 14.6. The average Bonchev–Trinajstić information content (AvgIpc) is 3.16. The maximum absolute atomic E-state index is 14.6. The smallest absolute Gasteiger partial charge is 0.257 e. The first kappa shape index (κ1) is 16.8. The molecule has 0 unspecified atom stereocenters. The van der Waals surface area contributed by atoms with Gasteiger partial charge in [0.2, 0.25) is 0 Å². The number of aromatic nitrogens is 1. The van der Waals surface area contributed by atoms with Gasteiger partial charge in [-0.05, 0) is 49.2 Å². The van der Waals surface area contributed by atoms with Gasteiger partial charge in [0, 0.05) is 24.2 Å².